The van der Waals surface area contributed by atoms with Gasteiger partial charge in [0.1, 0.15) is 78.5 Å². The van der Waals surface area contributed by atoms with Gasteiger partial charge >= 0.3 is 11.9 Å². The van der Waals surface area contributed by atoms with Gasteiger partial charge in [-0.2, -0.15) is 24.4 Å². The average Bonchev–Trinajstić information content (AvgIpc) is 1.70. The number of carboxylic acid groups (broad SMARTS) is 2. The number of unbranched alkanes of at least 4 members (excludes halogenated alkanes) is 3. The third-order valence-corrected chi connectivity index (χ3v) is 19.3. The lowest BCUT2D eigenvalue weighted by atomic mass is 10.0. The number of nitrogens with zero attached hydrogens (tertiary/aromatic N) is 1. The monoisotopic (exact) mass is 1690 g/mol. The van der Waals surface area contributed by atoms with Crippen LogP contribution >= 0.6 is 24.4 Å². The van der Waals surface area contributed by atoms with Crippen molar-refractivity contribution in [2.45, 2.75) is 207 Å². The number of para-hydroxylation sites is 1. The Hall–Kier alpha value is -10.3. The molecule has 42 nitrogen and oxygen atoms in total. The summed E-state index contributed by atoms with van der Waals surface area (Å²) in [5, 5.41) is 93.1. The van der Waals surface area contributed by atoms with E-state index in [9.17, 15) is 97.5 Å². The first-order chi connectivity index (χ1) is 55.7. The molecule has 2 aromatic carbocycles. The van der Waals surface area contributed by atoms with Crippen LogP contribution in [-0.4, -0.2) is 285 Å². The second-order valence-corrected chi connectivity index (χ2v) is 28.9. The van der Waals surface area contributed by atoms with Gasteiger partial charge in [-0.3, -0.25) is 76.9 Å². The predicted octanol–water partition coefficient (Wildman–Crippen LogP) is -7.97. The summed E-state index contributed by atoms with van der Waals surface area (Å²) in [7, 11) is 0. The van der Waals surface area contributed by atoms with Crippen LogP contribution in [0.4, 0.5) is 0 Å². The van der Waals surface area contributed by atoms with E-state index in [2.05, 4.69) is 91.7 Å². The first-order valence-electron chi connectivity index (χ1n) is 38.2. The van der Waals surface area contributed by atoms with E-state index >= 15 is 0 Å². The summed E-state index contributed by atoms with van der Waals surface area (Å²) in [6.07, 6.45) is 1.26. The molecule has 0 aliphatic carbocycles. The number of rotatable bonds is 58. The fraction of sp³-hybridized carbons (Fsp3) is 0.589. The van der Waals surface area contributed by atoms with Crippen LogP contribution < -0.4 is 104 Å². The molecule has 117 heavy (non-hydrogen) atoms. The molecule has 652 valence electrons. The van der Waals surface area contributed by atoms with Crippen LogP contribution in [0.3, 0.4) is 0 Å². The van der Waals surface area contributed by atoms with Gasteiger partial charge in [-0.25, -0.2) is 0 Å². The molecule has 0 bridgehead atoms. The molecule has 32 N–H and O–H groups in total. The number of aliphatic carboxylic acids is 2. The Balaban J connectivity index is 1.96. The molecule has 0 spiro atoms. The number of nitrogens with one attached hydrogen (secondary N) is 14. The number of aromatic amines is 1. The van der Waals surface area contributed by atoms with Crippen molar-refractivity contribution in [1.29, 1.82) is 0 Å². The van der Waals surface area contributed by atoms with E-state index in [0.717, 1.165) is 13.8 Å². The van der Waals surface area contributed by atoms with Gasteiger partial charge < -0.3 is 139 Å². The number of aliphatic hydroxyl groups is 4. The highest BCUT2D eigenvalue weighted by molar-refractivity contribution is 7.98. The number of carbonyl (C=O) groups is 15. The third-order valence-electron chi connectivity index (χ3n) is 18.3. The Morgan fingerprint density at radius 1 is 0.453 bits per heavy atom. The smallest absolute Gasteiger partial charge is 0.325 e. The molecule has 0 saturated carbocycles. The van der Waals surface area contributed by atoms with Crippen LogP contribution in [0.25, 0.3) is 10.9 Å². The highest BCUT2D eigenvalue weighted by atomic mass is 32.2. The Bertz CT molecular complexity index is 3770. The largest absolute Gasteiger partial charge is 0.481 e. The number of hydrogen-bond donors (Lipinski definition) is 27. The van der Waals surface area contributed by atoms with Gasteiger partial charge in [-0.15, -0.1) is 0 Å². The lowest BCUT2D eigenvalue weighted by molar-refractivity contribution is -0.142. The summed E-state index contributed by atoms with van der Waals surface area (Å²) in [6.45, 7) is -0.507. The van der Waals surface area contributed by atoms with Crippen molar-refractivity contribution >= 4 is 130 Å². The van der Waals surface area contributed by atoms with Gasteiger partial charge in [0, 0.05) is 48.7 Å². The number of amides is 13. The fourth-order valence-electron chi connectivity index (χ4n) is 11.6. The van der Waals surface area contributed by atoms with Crippen LogP contribution in [-0.2, 0) is 84.8 Å². The number of H-pyrrole nitrogens is 1. The van der Waals surface area contributed by atoms with Crippen molar-refractivity contribution in [3.8, 4) is 0 Å². The van der Waals surface area contributed by atoms with Gasteiger partial charge in [0.25, 0.3) is 0 Å². The zero-order chi connectivity index (χ0) is 87.3. The zero-order valence-electron chi connectivity index (χ0n) is 65.7. The fourth-order valence-corrected chi connectivity index (χ4v) is 12.3. The first kappa shape index (κ1) is 101. The van der Waals surface area contributed by atoms with Gasteiger partial charge in [-0.1, -0.05) is 48.5 Å². The summed E-state index contributed by atoms with van der Waals surface area (Å²) in [4.78, 5) is 213. The molecule has 1 heterocycles. The quantitative estimate of drug-likeness (QED) is 0.0108. The molecular weight excluding hydrogens is 1570 g/mol. The molecule has 0 aliphatic heterocycles. The topological polar surface area (TPSA) is 718 Å². The molecule has 44 heteroatoms. The lowest BCUT2D eigenvalue weighted by Gasteiger charge is -2.29. The second-order valence-electron chi connectivity index (χ2n) is 27.6. The first-order valence-corrected chi connectivity index (χ1v) is 40.2. The van der Waals surface area contributed by atoms with Crippen molar-refractivity contribution in [3.63, 3.8) is 0 Å². The molecule has 3 rings (SSSR count). The summed E-state index contributed by atoms with van der Waals surface area (Å²) in [5.41, 5.74) is 36.2. The van der Waals surface area contributed by atoms with Gasteiger partial charge in [0.05, 0.1) is 32.0 Å². The third kappa shape index (κ3) is 36.4. The van der Waals surface area contributed by atoms with Crippen LogP contribution in [0.2, 0.25) is 0 Å². The number of nitrogens with two attached hydrogens (primary N) is 6. The van der Waals surface area contributed by atoms with E-state index in [1.165, 1.54) is 11.8 Å². The van der Waals surface area contributed by atoms with Crippen molar-refractivity contribution < 1.29 is 103 Å². The van der Waals surface area contributed by atoms with Crippen LogP contribution in [0.1, 0.15) is 115 Å². The number of carbonyl (C=O) groups excluding carboxylic acids is 13. The maximum atomic E-state index is 15.0. The Morgan fingerprint density at radius 2 is 0.829 bits per heavy atom. The minimum absolute atomic E-state index is 0.0293. The van der Waals surface area contributed by atoms with Crippen LogP contribution in [0.15, 0.2) is 65.8 Å². The normalized spacial score (nSPS) is 15.0. The molecule has 13 amide bonds. The van der Waals surface area contributed by atoms with E-state index < -0.39 is 211 Å². The van der Waals surface area contributed by atoms with E-state index in [4.69, 9.17) is 39.5 Å². The number of fused-ring (bicyclic) bond motifs is 1. The number of carboxylic acids is 2. The second kappa shape index (κ2) is 54.6. The Kier molecular flexibility index (Phi) is 47.0. The number of aliphatic hydroxyl groups excluding tert-OH is 4. The number of thiol groups is 1. The minimum atomic E-state index is -1.89. The van der Waals surface area contributed by atoms with E-state index in [1.54, 1.807) is 67.0 Å². The van der Waals surface area contributed by atoms with Crippen molar-refractivity contribution in [3.05, 3.63) is 71.9 Å². The van der Waals surface area contributed by atoms with Gasteiger partial charge in [0.15, 0.2) is 5.96 Å². The van der Waals surface area contributed by atoms with Crippen molar-refractivity contribution in [2.24, 2.45) is 39.4 Å². The molecule has 15 atom stereocenters. The number of benzene rings is 2. The highest BCUT2D eigenvalue weighted by Crippen LogP contribution is 2.21. The molecule has 0 aliphatic rings. The summed E-state index contributed by atoms with van der Waals surface area (Å²) in [6, 6.07) is -6.93. The summed E-state index contributed by atoms with van der Waals surface area (Å²) in [5.74, 6) is -16.6. The van der Waals surface area contributed by atoms with Crippen molar-refractivity contribution in [1.82, 2.24) is 74.1 Å². The minimum Gasteiger partial charge on any atom is -0.481 e. The van der Waals surface area contributed by atoms with Gasteiger partial charge in [0.2, 0.25) is 76.8 Å². The highest BCUT2D eigenvalue weighted by Gasteiger charge is 2.39. The van der Waals surface area contributed by atoms with E-state index in [1.807, 2.05) is 0 Å². The Labute approximate surface area is 685 Å². The molecule has 3 aromatic rings. The van der Waals surface area contributed by atoms with E-state index in [0.29, 0.717) is 41.3 Å². The zero-order valence-corrected chi connectivity index (χ0v) is 67.4. The number of hydrogen-bond acceptors (Lipinski definition) is 26. The molecule has 0 fully saturated rings. The molecule has 0 radical (unpaired) electrons. The number of thioether (sulfide) groups is 1. The van der Waals surface area contributed by atoms with Crippen LogP contribution in [0, 0.1) is 0 Å². The summed E-state index contributed by atoms with van der Waals surface area (Å²) < 4.78 is 0. The maximum absolute atomic E-state index is 15.0. The molecular formula is C73H117N21O21S2. The van der Waals surface area contributed by atoms with Crippen LogP contribution in [0.5, 0.6) is 0 Å². The van der Waals surface area contributed by atoms with Gasteiger partial charge in [-0.05, 0) is 146 Å². The molecule has 1 aromatic heterocycles. The number of guanidine groups is 1. The summed E-state index contributed by atoms with van der Waals surface area (Å²) >= 11 is 5.54. The average molecular weight is 1690 g/mol. The standard InChI is InChI=1S/C73H117N21O21S2/c1-39(72(114)115)82-67(109)53(35-95)90-63(105)50(26-31-117-3)87-71(113)58(40(2)98)94-64(106)48(22-11-14-29-76)84-66(108)52(33-42-34-81-45-19-8-7-18-43(42)45)89-61(103)49(23-15-30-80-73(78)79)86-69(111)55(37-97)92-70(112)56(38-116)93-62(104)47(21-10-13-28-75)83-60(102)46(20-9-12-27-74)85-68(110)54(36-96)91-65(107)51(32-41-16-5-4-6-17-41)88-59(101)44(77)24-25-57(99)100/h4-8,16-19,34,39-40,44,46-56,58,81,95-98,116H,9-15,20-33,35-38,74-77H2,1-3H3,(H,82,109)(H,83,102)(H,84,108)(H,85,110)(H,86,111)(H,87,113)(H,88,101)(H,89,103)(H,90,105)(H,91,107)(H,92,112)(H,93,104)(H,94,106)(H,99,100)(H,114,115)(H4,78,79,80)/t39-,40+,44-,46-,47-,48-,49-,50-,51-,52-,53-,54-,55-,56-,58-/m0/s1. The molecule has 0 saturated heterocycles. The maximum Gasteiger partial charge on any atom is 0.325 e. The number of aliphatic imine (C=N–C) groups is 1. The van der Waals surface area contributed by atoms with E-state index in [-0.39, 0.29) is 115 Å². The Morgan fingerprint density at radius 3 is 1.26 bits per heavy atom. The lowest BCUT2D eigenvalue weighted by Crippen LogP contribution is -2.62. The SMILES string of the molecule is CSCC[C@H](NC(=O)[C@@H](NC(=O)[C@H](CCCCN)NC(=O)[C@H](Cc1c[nH]c2ccccc12)NC(=O)[C@H](CCCN=C(N)N)NC(=O)[C@H](CO)NC(=O)[C@H](CS)NC(=O)[C@H](CCCCN)NC(=O)[C@H](CCCCN)NC(=O)[C@H](CO)NC(=O)[C@H](Cc1ccccc1)NC(=O)[C@@H](N)CCC(=O)O)[C@@H](C)O)C(=O)N[C@@H](CO)C(=O)N[C@@H](C)C(=O)O. The predicted molar refractivity (Wildman–Crippen MR) is 434 cm³/mol. The molecule has 0 unspecified atom stereocenters. The number of aromatic nitrogens is 1. The van der Waals surface area contributed by atoms with Crippen molar-refractivity contribution in [2.75, 3.05) is 63.8 Å².